The van der Waals surface area contributed by atoms with Gasteiger partial charge in [-0.25, -0.2) is 4.79 Å². The Balaban J connectivity index is 0.934. The van der Waals surface area contributed by atoms with Crippen molar-refractivity contribution in [2.24, 2.45) is 0 Å². The van der Waals surface area contributed by atoms with Gasteiger partial charge in [-0.2, -0.15) is 0 Å². The van der Waals surface area contributed by atoms with Crippen LogP contribution in [0.25, 0.3) is 10.1 Å². The summed E-state index contributed by atoms with van der Waals surface area (Å²) in [5.74, 6) is 0.875. The number of unbranched alkanes of at least 4 members (excludes halogenated alkanes) is 1. The zero-order valence-corrected chi connectivity index (χ0v) is 27.5. The van der Waals surface area contributed by atoms with Crippen LogP contribution < -0.4 is 19.9 Å². The third kappa shape index (κ3) is 7.92. The van der Waals surface area contributed by atoms with Gasteiger partial charge in [-0.1, -0.05) is 56.3 Å². The van der Waals surface area contributed by atoms with Gasteiger partial charge < -0.3 is 24.6 Å². The van der Waals surface area contributed by atoms with Crippen LogP contribution in [0.5, 0.6) is 5.75 Å². The average Bonchev–Trinajstić information content (AvgIpc) is 3.55. The minimum absolute atomic E-state index is 0.0581. The number of carbonyl (C=O) groups is 1. The highest BCUT2D eigenvalue weighted by Gasteiger charge is 2.32. The SMILES string of the molecule is CC1(C)CCN(COC(=O)NCCc2ccccc2)c2cc(OCCCCN3CCN(c4cccc5sccc45)CC3)ccc21. The van der Waals surface area contributed by atoms with Crippen LogP contribution in [0.4, 0.5) is 16.2 Å². The van der Waals surface area contributed by atoms with Gasteiger partial charge in [0.2, 0.25) is 0 Å². The van der Waals surface area contributed by atoms with E-state index < -0.39 is 0 Å². The summed E-state index contributed by atoms with van der Waals surface area (Å²) >= 11 is 1.82. The number of nitrogens with zero attached hydrogens (tertiary/aromatic N) is 3. The number of thiophene rings is 1. The fraction of sp³-hybridized carbons (Fsp3) is 0.432. The lowest BCUT2D eigenvalue weighted by molar-refractivity contribution is 0.144. The average molecular weight is 627 g/mol. The Morgan fingerprint density at radius 1 is 0.911 bits per heavy atom. The molecule has 0 saturated carbocycles. The summed E-state index contributed by atoms with van der Waals surface area (Å²) < 4.78 is 13.2. The molecule has 0 aliphatic carbocycles. The van der Waals surface area contributed by atoms with Crippen LogP contribution in [0.2, 0.25) is 0 Å². The molecule has 6 rings (SSSR count). The van der Waals surface area contributed by atoms with E-state index in [1.807, 2.05) is 29.5 Å². The Hall–Kier alpha value is -3.75. The van der Waals surface area contributed by atoms with E-state index in [4.69, 9.17) is 9.47 Å². The van der Waals surface area contributed by atoms with Crippen molar-refractivity contribution < 1.29 is 14.3 Å². The van der Waals surface area contributed by atoms with Gasteiger partial charge in [0.25, 0.3) is 0 Å². The quantitative estimate of drug-likeness (QED) is 0.167. The minimum atomic E-state index is -0.383. The second-order valence-corrected chi connectivity index (χ2v) is 13.7. The molecule has 0 spiro atoms. The number of benzene rings is 3. The first-order valence-electron chi connectivity index (χ1n) is 16.4. The first-order chi connectivity index (χ1) is 22.0. The molecule has 2 aliphatic heterocycles. The molecule has 8 heteroatoms. The molecule has 1 saturated heterocycles. The summed E-state index contributed by atoms with van der Waals surface area (Å²) in [7, 11) is 0. The van der Waals surface area contributed by atoms with Crippen LogP contribution in [0.15, 0.2) is 78.2 Å². The van der Waals surface area contributed by atoms with Gasteiger partial charge in [0.1, 0.15) is 5.75 Å². The summed E-state index contributed by atoms with van der Waals surface area (Å²) in [6, 6.07) is 25.5. The number of alkyl carbamates (subject to hydrolysis) is 1. The van der Waals surface area contributed by atoms with Gasteiger partial charge >= 0.3 is 6.09 Å². The molecule has 1 amide bonds. The molecule has 0 atom stereocenters. The monoisotopic (exact) mass is 626 g/mol. The third-order valence-corrected chi connectivity index (χ3v) is 10.1. The van der Waals surface area contributed by atoms with Crippen molar-refractivity contribution in [1.82, 2.24) is 10.2 Å². The fourth-order valence-corrected chi connectivity index (χ4v) is 7.28. The van der Waals surface area contributed by atoms with E-state index in [0.717, 1.165) is 76.4 Å². The van der Waals surface area contributed by atoms with Gasteiger partial charge in [0.05, 0.1) is 6.61 Å². The summed E-state index contributed by atoms with van der Waals surface area (Å²) in [4.78, 5) is 19.7. The predicted octanol–water partition coefficient (Wildman–Crippen LogP) is 7.30. The Morgan fingerprint density at radius 2 is 1.76 bits per heavy atom. The van der Waals surface area contributed by atoms with Crippen molar-refractivity contribution in [3.8, 4) is 5.75 Å². The minimum Gasteiger partial charge on any atom is -0.494 e. The zero-order chi connectivity index (χ0) is 31.1. The van der Waals surface area contributed by atoms with Gasteiger partial charge in [-0.05, 0) is 78.4 Å². The number of hydrogen-bond donors (Lipinski definition) is 1. The lowest BCUT2D eigenvalue weighted by Crippen LogP contribution is -2.46. The maximum atomic E-state index is 12.4. The van der Waals surface area contributed by atoms with Crippen LogP contribution in [-0.4, -0.2) is 70.1 Å². The van der Waals surface area contributed by atoms with Crippen molar-refractivity contribution in [1.29, 1.82) is 0 Å². The molecule has 2 aliphatic rings. The van der Waals surface area contributed by atoms with Crippen molar-refractivity contribution in [2.45, 2.75) is 44.9 Å². The van der Waals surface area contributed by atoms with Crippen LogP contribution in [-0.2, 0) is 16.6 Å². The maximum Gasteiger partial charge on any atom is 0.408 e. The number of ether oxygens (including phenoxy) is 2. The normalized spacial score (nSPS) is 16.4. The lowest BCUT2D eigenvalue weighted by Gasteiger charge is -2.40. The number of nitrogens with one attached hydrogen (secondary N) is 1. The highest BCUT2D eigenvalue weighted by Crippen LogP contribution is 2.41. The molecule has 238 valence electrons. The first-order valence-corrected chi connectivity index (χ1v) is 17.2. The molecule has 0 bridgehead atoms. The van der Waals surface area contributed by atoms with Crippen molar-refractivity contribution in [3.63, 3.8) is 0 Å². The fourth-order valence-electron chi connectivity index (χ4n) is 6.47. The number of amides is 1. The Labute approximate surface area is 271 Å². The Morgan fingerprint density at radius 3 is 2.60 bits per heavy atom. The first kappa shape index (κ1) is 31.2. The highest BCUT2D eigenvalue weighted by molar-refractivity contribution is 7.17. The molecule has 3 aromatic carbocycles. The smallest absolute Gasteiger partial charge is 0.408 e. The van der Waals surface area contributed by atoms with Gasteiger partial charge in [-0.3, -0.25) is 4.90 Å². The summed E-state index contributed by atoms with van der Waals surface area (Å²) in [6.07, 6.45) is 3.54. The number of rotatable bonds is 12. The standard InChI is InChI=1S/C37H46N4O3S/c1-37(2)17-20-41(28-44-36(42)38-18-15-29-9-4-3-5-10-29)34-27-30(13-14-32(34)37)43-25-7-6-19-39-21-23-40(24-22-39)33-11-8-12-35-31(33)16-26-45-35/h3-5,8-14,16,26-27H,6-7,15,17-25,28H2,1-2H3,(H,38,42). The number of carbonyl (C=O) groups excluding carboxylic acids is 1. The second kappa shape index (κ2) is 14.6. The summed E-state index contributed by atoms with van der Waals surface area (Å²) in [5, 5.41) is 6.46. The molecule has 1 fully saturated rings. The Bertz CT molecular complexity index is 1550. The zero-order valence-electron chi connectivity index (χ0n) is 26.7. The van der Waals surface area contributed by atoms with Crippen LogP contribution in [0.3, 0.4) is 0 Å². The predicted molar refractivity (Wildman–Crippen MR) is 186 cm³/mol. The molecular weight excluding hydrogens is 580 g/mol. The topological polar surface area (TPSA) is 57.3 Å². The third-order valence-electron chi connectivity index (χ3n) is 9.25. The maximum absolute atomic E-state index is 12.4. The van der Waals surface area contributed by atoms with Gasteiger partial charge in [0.15, 0.2) is 6.73 Å². The van der Waals surface area contributed by atoms with Crippen LogP contribution in [0.1, 0.15) is 44.2 Å². The molecule has 45 heavy (non-hydrogen) atoms. The molecule has 0 radical (unpaired) electrons. The van der Waals surface area contributed by atoms with E-state index in [9.17, 15) is 4.79 Å². The molecule has 1 N–H and O–H groups in total. The van der Waals surface area contributed by atoms with Crippen LogP contribution in [0, 0.1) is 0 Å². The molecule has 3 heterocycles. The van der Waals surface area contributed by atoms with Crippen LogP contribution >= 0.6 is 11.3 Å². The number of piperazine rings is 1. The van der Waals surface area contributed by atoms with Crippen molar-refractivity contribution in [2.75, 3.05) is 69.0 Å². The highest BCUT2D eigenvalue weighted by atomic mass is 32.1. The molecule has 7 nitrogen and oxygen atoms in total. The number of anilines is 2. The number of hydrogen-bond acceptors (Lipinski definition) is 7. The van der Waals surface area contributed by atoms with E-state index >= 15 is 0 Å². The molecule has 4 aromatic rings. The molecule has 0 unspecified atom stereocenters. The number of fused-ring (bicyclic) bond motifs is 2. The van der Waals surface area contributed by atoms with E-state index in [2.05, 4.69) is 93.8 Å². The van der Waals surface area contributed by atoms with Crippen molar-refractivity contribution >= 4 is 38.9 Å². The molecular formula is C37H46N4O3S. The van der Waals surface area contributed by atoms with Gasteiger partial charge in [0, 0.05) is 66.8 Å². The second-order valence-electron chi connectivity index (χ2n) is 12.8. The van der Waals surface area contributed by atoms with E-state index in [0.29, 0.717) is 13.2 Å². The molecule has 1 aromatic heterocycles. The largest absolute Gasteiger partial charge is 0.494 e. The summed E-state index contributed by atoms with van der Waals surface area (Å²) in [6.45, 7) is 12.3. The Kier molecular flexibility index (Phi) is 10.1. The van der Waals surface area contributed by atoms with E-state index in [-0.39, 0.29) is 18.2 Å². The van der Waals surface area contributed by atoms with Crippen molar-refractivity contribution in [3.05, 3.63) is 89.3 Å². The summed E-state index contributed by atoms with van der Waals surface area (Å²) in [5.41, 5.74) is 4.99. The van der Waals surface area contributed by atoms with E-state index in [1.165, 1.54) is 26.9 Å². The van der Waals surface area contributed by atoms with Gasteiger partial charge in [-0.15, -0.1) is 11.3 Å². The van der Waals surface area contributed by atoms with E-state index in [1.54, 1.807) is 0 Å². The lowest BCUT2D eigenvalue weighted by atomic mass is 9.78.